The molecule has 0 spiro atoms. The van der Waals surface area contributed by atoms with Gasteiger partial charge in [-0.05, 0) is 44.2 Å². The standard InChI is InChI=1S/C18H18N6O3S/c1-10-14(11(2)24-18(22-10)20-9-21-24)4-5-15(25)27-12(3)16(26)23-17-13(8-19)6-7-28-17/h6-7,9,12H,4-5H2,1-3H3,(H,23,26)/t12-/m0/s1. The highest BCUT2D eigenvalue weighted by atomic mass is 32.1. The van der Waals surface area contributed by atoms with Crippen molar-refractivity contribution in [3.63, 3.8) is 0 Å². The fraction of sp³-hybridized carbons (Fsp3) is 0.333. The SMILES string of the molecule is Cc1nc2ncnn2c(C)c1CCC(=O)O[C@@H](C)C(=O)Nc1sccc1C#N. The molecule has 9 nitrogen and oxygen atoms in total. The van der Waals surface area contributed by atoms with Crippen molar-refractivity contribution in [3.05, 3.63) is 40.3 Å². The van der Waals surface area contributed by atoms with Crippen molar-refractivity contribution in [2.75, 3.05) is 5.32 Å². The minimum Gasteiger partial charge on any atom is -0.453 e. The van der Waals surface area contributed by atoms with Crippen molar-refractivity contribution >= 4 is 34.0 Å². The van der Waals surface area contributed by atoms with Crippen molar-refractivity contribution in [1.82, 2.24) is 19.6 Å². The van der Waals surface area contributed by atoms with Crippen LogP contribution in [-0.4, -0.2) is 37.6 Å². The zero-order chi connectivity index (χ0) is 20.3. The van der Waals surface area contributed by atoms with Gasteiger partial charge in [-0.25, -0.2) is 9.50 Å². The first-order chi connectivity index (χ1) is 13.4. The molecular weight excluding hydrogens is 380 g/mol. The number of hydrogen-bond acceptors (Lipinski definition) is 8. The number of hydrogen-bond donors (Lipinski definition) is 1. The summed E-state index contributed by atoms with van der Waals surface area (Å²) in [6.45, 7) is 5.24. The predicted molar refractivity (Wildman–Crippen MR) is 102 cm³/mol. The third kappa shape index (κ3) is 3.99. The van der Waals surface area contributed by atoms with Gasteiger partial charge in [0.25, 0.3) is 11.7 Å². The van der Waals surface area contributed by atoms with Gasteiger partial charge in [0.05, 0.1) is 5.56 Å². The molecule has 0 aromatic carbocycles. The summed E-state index contributed by atoms with van der Waals surface area (Å²) >= 11 is 1.24. The lowest BCUT2D eigenvalue weighted by molar-refractivity contribution is -0.153. The number of fused-ring (bicyclic) bond motifs is 1. The third-order valence-electron chi connectivity index (χ3n) is 4.27. The molecule has 0 aliphatic carbocycles. The van der Waals surface area contributed by atoms with E-state index in [1.807, 2.05) is 19.9 Å². The average molecular weight is 398 g/mol. The molecule has 3 rings (SSSR count). The van der Waals surface area contributed by atoms with Crippen LogP contribution in [0.2, 0.25) is 0 Å². The van der Waals surface area contributed by atoms with Gasteiger partial charge in [-0.2, -0.15) is 15.3 Å². The van der Waals surface area contributed by atoms with E-state index >= 15 is 0 Å². The Morgan fingerprint density at radius 2 is 2.21 bits per heavy atom. The smallest absolute Gasteiger partial charge is 0.306 e. The van der Waals surface area contributed by atoms with Crippen LogP contribution in [0.25, 0.3) is 5.78 Å². The Bertz CT molecular complexity index is 1080. The van der Waals surface area contributed by atoms with E-state index in [9.17, 15) is 9.59 Å². The highest BCUT2D eigenvalue weighted by molar-refractivity contribution is 7.14. The van der Waals surface area contributed by atoms with E-state index in [1.54, 1.807) is 16.0 Å². The Labute approximate surface area is 165 Å². The van der Waals surface area contributed by atoms with Crippen molar-refractivity contribution in [2.24, 2.45) is 0 Å². The number of anilines is 1. The summed E-state index contributed by atoms with van der Waals surface area (Å²) in [5.41, 5.74) is 2.90. The molecule has 144 valence electrons. The van der Waals surface area contributed by atoms with Gasteiger partial charge < -0.3 is 10.1 Å². The van der Waals surface area contributed by atoms with Crippen molar-refractivity contribution in [3.8, 4) is 6.07 Å². The lowest BCUT2D eigenvalue weighted by Crippen LogP contribution is -2.30. The second kappa shape index (κ2) is 8.14. The number of nitrogens with zero attached hydrogens (tertiary/aromatic N) is 5. The first-order valence-electron chi connectivity index (χ1n) is 8.54. The van der Waals surface area contributed by atoms with E-state index < -0.39 is 18.0 Å². The Morgan fingerprint density at radius 3 is 2.96 bits per heavy atom. The van der Waals surface area contributed by atoms with Gasteiger partial charge >= 0.3 is 5.97 Å². The van der Waals surface area contributed by atoms with Crippen LogP contribution in [0.1, 0.15) is 35.9 Å². The summed E-state index contributed by atoms with van der Waals surface area (Å²) in [6.07, 6.45) is 0.971. The van der Waals surface area contributed by atoms with E-state index in [-0.39, 0.29) is 6.42 Å². The van der Waals surface area contributed by atoms with Gasteiger partial charge in [-0.15, -0.1) is 11.3 Å². The number of aryl methyl sites for hydroxylation is 2. The second-order valence-electron chi connectivity index (χ2n) is 6.13. The minimum absolute atomic E-state index is 0.101. The van der Waals surface area contributed by atoms with Gasteiger partial charge in [-0.3, -0.25) is 9.59 Å². The molecule has 3 aromatic rings. The number of nitriles is 1. The highest BCUT2D eigenvalue weighted by Gasteiger charge is 2.20. The lowest BCUT2D eigenvalue weighted by Gasteiger charge is -2.14. The molecule has 3 aromatic heterocycles. The zero-order valence-corrected chi connectivity index (χ0v) is 16.4. The number of ether oxygens (including phenoxy) is 1. The van der Waals surface area contributed by atoms with Gasteiger partial charge in [0, 0.05) is 17.8 Å². The summed E-state index contributed by atoms with van der Waals surface area (Å²) in [5.74, 6) is -0.464. The molecule has 0 fully saturated rings. The number of thiophene rings is 1. The van der Waals surface area contributed by atoms with Crippen LogP contribution in [0, 0.1) is 25.2 Å². The van der Waals surface area contributed by atoms with Gasteiger partial charge in [-0.1, -0.05) is 0 Å². The summed E-state index contributed by atoms with van der Waals surface area (Å²) in [6, 6.07) is 3.60. The molecule has 10 heteroatoms. The Kier molecular flexibility index (Phi) is 5.65. The molecule has 1 N–H and O–H groups in total. The second-order valence-corrected chi connectivity index (χ2v) is 7.05. The molecule has 0 saturated carbocycles. The van der Waals surface area contributed by atoms with E-state index in [0.717, 1.165) is 17.0 Å². The molecule has 0 bridgehead atoms. The van der Waals surface area contributed by atoms with Gasteiger partial charge in [0.2, 0.25) is 0 Å². The number of carbonyl (C=O) groups is 2. The highest BCUT2D eigenvalue weighted by Crippen LogP contribution is 2.22. The van der Waals surface area contributed by atoms with Crippen LogP contribution in [0.5, 0.6) is 0 Å². The largest absolute Gasteiger partial charge is 0.453 e. The zero-order valence-electron chi connectivity index (χ0n) is 15.6. The van der Waals surface area contributed by atoms with Crippen LogP contribution in [0.15, 0.2) is 17.8 Å². The fourth-order valence-corrected chi connectivity index (χ4v) is 3.50. The van der Waals surface area contributed by atoms with E-state index in [2.05, 4.69) is 20.4 Å². The average Bonchev–Trinajstić information content (AvgIpc) is 3.30. The van der Waals surface area contributed by atoms with Crippen molar-refractivity contribution in [1.29, 1.82) is 5.26 Å². The maximum absolute atomic E-state index is 12.2. The van der Waals surface area contributed by atoms with Crippen LogP contribution in [0.4, 0.5) is 5.00 Å². The Balaban J connectivity index is 1.58. The minimum atomic E-state index is -0.973. The molecule has 1 atom stereocenters. The number of rotatable bonds is 6. The number of amides is 1. The molecule has 0 unspecified atom stereocenters. The number of nitrogens with one attached hydrogen (secondary N) is 1. The van der Waals surface area contributed by atoms with Crippen LogP contribution < -0.4 is 5.32 Å². The van der Waals surface area contributed by atoms with Crippen molar-refractivity contribution < 1.29 is 14.3 Å². The first kappa shape index (κ1) is 19.4. The quantitative estimate of drug-likeness (QED) is 0.631. The molecule has 3 heterocycles. The molecule has 0 saturated heterocycles. The summed E-state index contributed by atoms with van der Waals surface area (Å²) in [4.78, 5) is 32.8. The summed E-state index contributed by atoms with van der Waals surface area (Å²) < 4.78 is 6.85. The van der Waals surface area contributed by atoms with Crippen LogP contribution in [0.3, 0.4) is 0 Å². The lowest BCUT2D eigenvalue weighted by atomic mass is 10.1. The number of esters is 1. The molecule has 0 aliphatic rings. The third-order valence-corrected chi connectivity index (χ3v) is 5.10. The monoisotopic (exact) mass is 398 g/mol. The maximum Gasteiger partial charge on any atom is 0.306 e. The molecule has 1 amide bonds. The first-order valence-corrected chi connectivity index (χ1v) is 9.42. The van der Waals surface area contributed by atoms with Gasteiger partial charge in [0.15, 0.2) is 6.10 Å². The number of aromatic nitrogens is 4. The number of carbonyl (C=O) groups excluding carboxylic acids is 2. The Hall–Kier alpha value is -3.32. The summed E-state index contributed by atoms with van der Waals surface area (Å²) in [5, 5.41) is 17.9. The van der Waals surface area contributed by atoms with Crippen LogP contribution in [-0.2, 0) is 20.7 Å². The molecule has 0 radical (unpaired) electrons. The summed E-state index contributed by atoms with van der Waals surface area (Å²) in [7, 11) is 0. The van der Waals surface area contributed by atoms with Crippen LogP contribution >= 0.6 is 11.3 Å². The molecule has 0 aliphatic heterocycles. The van der Waals surface area contributed by atoms with Gasteiger partial charge in [0.1, 0.15) is 17.4 Å². The fourth-order valence-electron chi connectivity index (χ4n) is 2.76. The van der Waals surface area contributed by atoms with E-state index in [1.165, 1.54) is 24.6 Å². The maximum atomic E-state index is 12.2. The van der Waals surface area contributed by atoms with Crippen molar-refractivity contribution in [2.45, 2.75) is 39.7 Å². The van der Waals surface area contributed by atoms with E-state index in [0.29, 0.717) is 22.8 Å². The Morgan fingerprint density at radius 1 is 1.43 bits per heavy atom. The predicted octanol–water partition coefficient (Wildman–Crippen LogP) is 2.18. The topological polar surface area (TPSA) is 122 Å². The molecule has 28 heavy (non-hydrogen) atoms. The normalized spacial score (nSPS) is 11.8. The molecular formula is C18H18N6O3S. The van der Waals surface area contributed by atoms with E-state index in [4.69, 9.17) is 10.00 Å².